The zero-order chi connectivity index (χ0) is 17.4. The molecule has 0 spiro atoms. The molecule has 0 unspecified atom stereocenters. The number of aromatic amines is 1. The first-order valence-corrected chi connectivity index (χ1v) is 9.05. The van der Waals surface area contributed by atoms with Crippen LogP contribution in [-0.4, -0.2) is 21.4 Å². The van der Waals surface area contributed by atoms with E-state index in [0.717, 1.165) is 36.4 Å². The summed E-state index contributed by atoms with van der Waals surface area (Å²) in [6.45, 7) is 6.32. The minimum absolute atomic E-state index is 0.224. The Morgan fingerprint density at radius 2 is 2.00 bits per heavy atom. The molecule has 0 aliphatic carbocycles. The Morgan fingerprint density at radius 1 is 1.12 bits per heavy atom. The van der Waals surface area contributed by atoms with Crippen LogP contribution in [0, 0.1) is 19.7 Å². The summed E-state index contributed by atoms with van der Waals surface area (Å²) >= 11 is 0. The van der Waals surface area contributed by atoms with Crippen LogP contribution in [0.2, 0.25) is 0 Å². The van der Waals surface area contributed by atoms with Gasteiger partial charge < -0.3 is 4.98 Å². The standard InChI is InChI=1S/C21H24FN3/c1-14-6-7-16(11-15(14)2)13-25-10-4-3-5-20(25)21-23-18-9-8-17(22)12-19(18)24-21/h6-9,11-12,20H,3-5,10,13H2,1-2H3,(H,23,24)/t20-/m0/s1. The van der Waals surface area contributed by atoms with Crippen LogP contribution in [0.1, 0.15) is 47.8 Å². The molecule has 3 aromatic rings. The van der Waals surface area contributed by atoms with E-state index in [2.05, 4.69) is 41.9 Å². The Labute approximate surface area is 147 Å². The molecular weight excluding hydrogens is 313 g/mol. The number of H-pyrrole nitrogens is 1. The van der Waals surface area contributed by atoms with Gasteiger partial charge in [-0.15, -0.1) is 0 Å². The van der Waals surface area contributed by atoms with Gasteiger partial charge in [0.05, 0.1) is 17.1 Å². The fourth-order valence-electron chi connectivity index (χ4n) is 3.79. The summed E-state index contributed by atoms with van der Waals surface area (Å²) in [7, 11) is 0. The SMILES string of the molecule is Cc1ccc(CN2CCCC[C@H]2c2nc3ccc(F)cc3[nH]2)cc1C. The third-order valence-electron chi connectivity index (χ3n) is 5.35. The van der Waals surface area contributed by atoms with E-state index in [1.807, 2.05) is 0 Å². The second-order valence-corrected chi connectivity index (χ2v) is 7.18. The molecule has 1 aliphatic heterocycles. The first kappa shape index (κ1) is 16.3. The lowest BCUT2D eigenvalue weighted by Crippen LogP contribution is -2.33. The number of imidazole rings is 1. The highest BCUT2D eigenvalue weighted by atomic mass is 19.1. The number of rotatable bonds is 3. The van der Waals surface area contributed by atoms with Gasteiger partial charge in [-0.3, -0.25) is 4.90 Å². The van der Waals surface area contributed by atoms with Crippen LogP contribution < -0.4 is 0 Å². The third-order valence-corrected chi connectivity index (χ3v) is 5.35. The Kier molecular flexibility index (Phi) is 4.30. The van der Waals surface area contributed by atoms with Crippen LogP contribution in [-0.2, 0) is 6.54 Å². The summed E-state index contributed by atoms with van der Waals surface area (Å²) in [5.74, 6) is 0.738. The predicted octanol–water partition coefficient (Wildman–Crippen LogP) is 5.05. The minimum Gasteiger partial charge on any atom is -0.341 e. The van der Waals surface area contributed by atoms with Gasteiger partial charge in [0.1, 0.15) is 11.6 Å². The van der Waals surface area contributed by atoms with Gasteiger partial charge in [0.15, 0.2) is 0 Å². The molecule has 4 rings (SSSR count). The third kappa shape index (κ3) is 3.31. The van der Waals surface area contributed by atoms with E-state index < -0.39 is 0 Å². The number of piperidine rings is 1. The van der Waals surface area contributed by atoms with Crippen LogP contribution in [0.15, 0.2) is 36.4 Å². The number of nitrogens with zero attached hydrogens (tertiary/aromatic N) is 2. The second kappa shape index (κ2) is 6.60. The van der Waals surface area contributed by atoms with E-state index >= 15 is 0 Å². The fraction of sp³-hybridized carbons (Fsp3) is 0.381. The first-order chi connectivity index (χ1) is 12.1. The van der Waals surface area contributed by atoms with Gasteiger partial charge in [-0.1, -0.05) is 24.6 Å². The zero-order valence-corrected chi connectivity index (χ0v) is 14.8. The van der Waals surface area contributed by atoms with E-state index in [9.17, 15) is 4.39 Å². The van der Waals surface area contributed by atoms with Crippen molar-refractivity contribution >= 4 is 11.0 Å². The minimum atomic E-state index is -0.224. The number of likely N-dealkylation sites (tertiary alicyclic amines) is 1. The van der Waals surface area contributed by atoms with Crippen molar-refractivity contribution < 1.29 is 4.39 Å². The molecule has 1 N–H and O–H groups in total. The summed E-state index contributed by atoms with van der Waals surface area (Å²) in [5, 5.41) is 0. The van der Waals surface area contributed by atoms with Crippen LogP contribution in [0.5, 0.6) is 0 Å². The topological polar surface area (TPSA) is 31.9 Å². The normalized spacial score (nSPS) is 18.8. The number of fused-ring (bicyclic) bond motifs is 1. The van der Waals surface area contributed by atoms with Crippen molar-refractivity contribution in [2.24, 2.45) is 0 Å². The molecule has 0 amide bonds. The maximum absolute atomic E-state index is 13.5. The summed E-state index contributed by atoms with van der Waals surface area (Å²) in [6, 6.07) is 11.7. The Balaban J connectivity index is 1.62. The van der Waals surface area contributed by atoms with E-state index in [1.54, 1.807) is 6.07 Å². The van der Waals surface area contributed by atoms with Crippen molar-refractivity contribution in [2.75, 3.05) is 6.54 Å². The average molecular weight is 337 g/mol. The highest BCUT2D eigenvalue weighted by Crippen LogP contribution is 2.32. The molecule has 3 nitrogen and oxygen atoms in total. The van der Waals surface area contributed by atoms with Crippen molar-refractivity contribution in [1.29, 1.82) is 0 Å². The van der Waals surface area contributed by atoms with Gasteiger partial charge in [-0.25, -0.2) is 9.37 Å². The highest BCUT2D eigenvalue weighted by Gasteiger charge is 2.26. The molecule has 0 bridgehead atoms. The molecular formula is C21H24FN3. The van der Waals surface area contributed by atoms with Crippen LogP contribution in [0.25, 0.3) is 11.0 Å². The molecule has 0 saturated carbocycles. The Morgan fingerprint density at radius 3 is 2.84 bits per heavy atom. The number of aromatic nitrogens is 2. The first-order valence-electron chi connectivity index (χ1n) is 9.05. The lowest BCUT2D eigenvalue weighted by Gasteiger charge is -2.34. The summed E-state index contributed by atoms with van der Waals surface area (Å²) in [5.41, 5.74) is 5.64. The van der Waals surface area contributed by atoms with E-state index in [4.69, 9.17) is 4.98 Å². The van der Waals surface area contributed by atoms with Crippen molar-refractivity contribution in [2.45, 2.75) is 45.7 Å². The van der Waals surface area contributed by atoms with Gasteiger partial charge in [-0.05, 0) is 68.1 Å². The van der Waals surface area contributed by atoms with Crippen LogP contribution >= 0.6 is 0 Å². The monoisotopic (exact) mass is 337 g/mol. The van der Waals surface area contributed by atoms with Crippen LogP contribution in [0.4, 0.5) is 4.39 Å². The number of hydrogen-bond acceptors (Lipinski definition) is 2. The molecule has 0 radical (unpaired) electrons. The highest BCUT2D eigenvalue weighted by molar-refractivity contribution is 5.75. The molecule has 130 valence electrons. The molecule has 4 heteroatoms. The number of aryl methyl sites for hydroxylation is 2. The molecule has 2 heterocycles. The Bertz CT molecular complexity index is 899. The lowest BCUT2D eigenvalue weighted by atomic mass is 9.99. The summed E-state index contributed by atoms with van der Waals surface area (Å²) in [6.07, 6.45) is 3.52. The summed E-state index contributed by atoms with van der Waals surface area (Å²) < 4.78 is 13.5. The van der Waals surface area contributed by atoms with Crippen LogP contribution in [0.3, 0.4) is 0 Å². The number of nitrogens with one attached hydrogen (secondary N) is 1. The van der Waals surface area contributed by atoms with E-state index in [0.29, 0.717) is 0 Å². The molecule has 2 aromatic carbocycles. The lowest BCUT2D eigenvalue weighted by molar-refractivity contribution is 0.134. The molecule has 1 atom stereocenters. The number of hydrogen-bond donors (Lipinski definition) is 1. The van der Waals surface area contributed by atoms with Crippen molar-refractivity contribution in [3.8, 4) is 0 Å². The van der Waals surface area contributed by atoms with Crippen molar-refractivity contribution in [3.05, 3.63) is 64.7 Å². The molecule has 1 fully saturated rings. The van der Waals surface area contributed by atoms with Gasteiger partial charge in [0.25, 0.3) is 0 Å². The van der Waals surface area contributed by atoms with E-state index in [1.165, 1.54) is 41.7 Å². The predicted molar refractivity (Wildman–Crippen MR) is 99.0 cm³/mol. The number of halogens is 1. The molecule has 1 aliphatic rings. The summed E-state index contributed by atoms with van der Waals surface area (Å²) in [4.78, 5) is 10.6. The van der Waals surface area contributed by atoms with Crippen molar-refractivity contribution in [3.63, 3.8) is 0 Å². The largest absolute Gasteiger partial charge is 0.341 e. The molecule has 25 heavy (non-hydrogen) atoms. The Hall–Kier alpha value is -2.20. The van der Waals surface area contributed by atoms with E-state index in [-0.39, 0.29) is 11.9 Å². The molecule has 1 saturated heterocycles. The maximum atomic E-state index is 13.5. The van der Waals surface area contributed by atoms with Gasteiger partial charge in [-0.2, -0.15) is 0 Å². The average Bonchev–Trinajstić information content (AvgIpc) is 3.01. The maximum Gasteiger partial charge on any atom is 0.125 e. The fourth-order valence-corrected chi connectivity index (χ4v) is 3.79. The van der Waals surface area contributed by atoms with Crippen molar-refractivity contribution in [1.82, 2.24) is 14.9 Å². The van der Waals surface area contributed by atoms with Gasteiger partial charge in [0.2, 0.25) is 0 Å². The van der Waals surface area contributed by atoms with Gasteiger partial charge >= 0.3 is 0 Å². The molecule has 1 aromatic heterocycles. The zero-order valence-electron chi connectivity index (χ0n) is 14.8. The number of benzene rings is 2. The smallest absolute Gasteiger partial charge is 0.125 e. The quantitative estimate of drug-likeness (QED) is 0.725. The van der Waals surface area contributed by atoms with Gasteiger partial charge in [0, 0.05) is 6.54 Å². The second-order valence-electron chi connectivity index (χ2n) is 7.18.